The van der Waals surface area contributed by atoms with E-state index in [1.807, 2.05) is 6.92 Å². The number of nitriles is 1. The predicted molar refractivity (Wildman–Crippen MR) is 142 cm³/mol. The minimum absolute atomic E-state index is 0.245. The zero-order chi connectivity index (χ0) is 27.1. The average molecular weight is 539 g/mol. The van der Waals surface area contributed by atoms with E-state index in [0.29, 0.717) is 77.3 Å². The number of amides is 1. The van der Waals surface area contributed by atoms with Crippen LogP contribution in [0.25, 0.3) is 21.5 Å². The first kappa shape index (κ1) is 26.8. The third-order valence-electron chi connectivity index (χ3n) is 5.66. The van der Waals surface area contributed by atoms with Crippen molar-refractivity contribution in [3.8, 4) is 28.1 Å². The third kappa shape index (κ3) is 5.69. The summed E-state index contributed by atoms with van der Waals surface area (Å²) in [5.41, 5.74) is 1.25. The van der Waals surface area contributed by atoms with E-state index in [-0.39, 0.29) is 5.91 Å². The summed E-state index contributed by atoms with van der Waals surface area (Å²) in [5, 5.41) is 16.2. The van der Waals surface area contributed by atoms with Crippen molar-refractivity contribution in [1.29, 1.82) is 5.26 Å². The highest BCUT2D eigenvalue weighted by molar-refractivity contribution is 7.17. The van der Waals surface area contributed by atoms with Crippen molar-refractivity contribution in [2.24, 2.45) is 0 Å². The molecule has 0 saturated heterocycles. The van der Waals surface area contributed by atoms with E-state index in [2.05, 4.69) is 26.7 Å². The molecular formula is C26H27FN6O4S. The largest absolute Gasteiger partial charge is 0.496 e. The molecule has 38 heavy (non-hydrogen) atoms. The summed E-state index contributed by atoms with van der Waals surface area (Å²) in [6.07, 6.45) is 1.42. The van der Waals surface area contributed by atoms with Crippen LogP contribution in [-0.2, 0) is 11.3 Å². The Morgan fingerprint density at radius 2 is 2.03 bits per heavy atom. The first-order chi connectivity index (χ1) is 18.5. The van der Waals surface area contributed by atoms with E-state index in [0.717, 1.165) is 4.88 Å². The topological polar surface area (TPSA) is 123 Å². The van der Waals surface area contributed by atoms with Crippen molar-refractivity contribution in [3.05, 3.63) is 53.0 Å². The Morgan fingerprint density at radius 1 is 1.18 bits per heavy atom. The fourth-order valence-corrected chi connectivity index (χ4v) is 4.95. The molecule has 0 bridgehead atoms. The van der Waals surface area contributed by atoms with Gasteiger partial charge in [0.2, 0.25) is 0 Å². The van der Waals surface area contributed by atoms with Crippen molar-refractivity contribution in [3.63, 3.8) is 0 Å². The number of carbonyl (C=O) groups excluding carboxylic acids is 1. The minimum atomic E-state index is -0.434. The molecule has 3 aromatic heterocycles. The van der Waals surface area contributed by atoms with E-state index in [1.54, 1.807) is 35.9 Å². The number of methoxy groups -OCH3 is 2. The molecule has 10 nitrogen and oxygen atoms in total. The second-order valence-corrected chi connectivity index (χ2v) is 9.06. The number of ether oxygens (including phenoxy) is 3. The third-order valence-corrected chi connectivity index (χ3v) is 6.80. The van der Waals surface area contributed by atoms with Gasteiger partial charge in [-0.15, -0.1) is 11.3 Å². The lowest BCUT2D eigenvalue weighted by Gasteiger charge is -2.11. The highest BCUT2D eigenvalue weighted by atomic mass is 32.1. The van der Waals surface area contributed by atoms with E-state index in [4.69, 9.17) is 14.2 Å². The molecule has 12 heteroatoms. The second kappa shape index (κ2) is 12.4. The number of halogens is 1. The number of carbonyl (C=O) groups is 1. The summed E-state index contributed by atoms with van der Waals surface area (Å²) in [7, 11) is 3.08. The van der Waals surface area contributed by atoms with Crippen LogP contribution in [0, 0.1) is 17.1 Å². The number of anilines is 1. The van der Waals surface area contributed by atoms with Crippen molar-refractivity contribution >= 4 is 34.0 Å². The van der Waals surface area contributed by atoms with Gasteiger partial charge in [-0.25, -0.2) is 14.4 Å². The lowest BCUT2D eigenvalue weighted by atomic mass is 10.2. The molecule has 3 heterocycles. The molecule has 198 valence electrons. The number of thiophene rings is 1. The molecule has 2 N–H and O–H groups in total. The average Bonchev–Trinajstić information content (AvgIpc) is 3.52. The quantitative estimate of drug-likeness (QED) is 0.259. The molecule has 0 radical (unpaired) electrons. The van der Waals surface area contributed by atoms with Gasteiger partial charge in [-0.1, -0.05) is 0 Å². The van der Waals surface area contributed by atoms with Gasteiger partial charge in [0.25, 0.3) is 5.91 Å². The molecular weight excluding hydrogens is 511 g/mol. The monoisotopic (exact) mass is 538 g/mol. The van der Waals surface area contributed by atoms with E-state index in [9.17, 15) is 14.4 Å². The van der Waals surface area contributed by atoms with Gasteiger partial charge in [0.15, 0.2) is 0 Å². The number of benzene rings is 1. The molecule has 0 spiro atoms. The summed E-state index contributed by atoms with van der Waals surface area (Å²) >= 11 is 1.27. The van der Waals surface area contributed by atoms with Crippen molar-refractivity contribution in [2.75, 3.05) is 45.8 Å². The van der Waals surface area contributed by atoms with Crippen LogP contribution in [0.15, 0.2) is 36.7 Å². The van der Waals surface area contributed by atoms with Gasteiger partial charge in [0.1, 0.15) is 46.1 Å². The Balaban J connectivity index is 1.52. The van der Waals surface area contributed by atoms with Crippen molar-refractivity contribution in [2.45, 2.75) is 13.5 Å². The highest BCUT2D eigenvalue weighted by Crippen LogP contribution is 2.36. The Hall–Kier alpha value is -4.21. The normalized spacial score (nSPS) is 10.8. The first-order valence-electron chi connectivity index (χ1n) is 11.9. The van der Waals surface area contributed by atoms with Gasteiger partial charge in [-0.2, -0.15) is 5.26 Å². The fourth-order valence-electron chi connectivity index (χ4n) is 3.97. The number of nitrogens with one attached hydrogen (secondary N) is 2. The van der Waals surface area contributed by atoms with Crippen molar-refractivity contribution in [1.82, 2.24) is 19.9 Å². The zero-order valence-electron chi connectivity index (χ0n) is 21.2. The smallest absolute Gasteiger partial charge is 0.265 e. The maximum Gasteiger partial charge on any atom is 0.265 e. The molecule has 0 aliphatic rings. The fraction of sp³-hybridized carbons (Fsp3) is 0.308. The van der Waals surface area contributed by atoms with Crippen LogP contribution in [0.1, 0.15) is 22.3 Å². The molecule has 0 atom stereocenters. The minimum Gasteiger partial charge on any atom is -0.496 e. The van der Waals surface area contributed by atoms with Crippen molar-refractivity contribution < 1.29 is 23.4 Å². The SMILES string of the molecule is CCOc1cc(-c2cc(NCCn3c(C#N)cc4c(OC)ccc(F)c43)ncn2)sc1C(=O)NCCOC. The maximum absolute atomic E-state index is 14.7. The molecule has 1 amide bonds. The first-order valence-corrected chi connectivity index (χ1v) is 12.7. The Labute approximate surface area is 223 Å². The van der Waals surface area contributed by atoms with E-state index >= 15 is 0 Å². The van der Waals surface area contributed by atoms with Crippen LogP contribution in [-0.4, -0.2) is 61.0 Å². The summed E-state index contributed by atoms with van der Waals surface area (Å²) in [4.78, 5) is 22.5. The van der Waals surface area contributed by atoms with E-state index < -0.39 is 5.82 Å². The maximum atomic E-state index is 14.7. The summed E-state index contributed by atoms with van der Waals surface area (Å²) < 4.78 is 32.3. The molecule has 4 aromatic rings. The molecule has 0 fully saturated rings. The number of nitrogens with zero attached hydrogens (tertiary/aromatic N) is 4. The van der Waals surface area contributed by atoms with Gasteiger partial charge < -0.3 is 29.4 Å². The Bertz CT molecular complexity index is 1480. The zero-order valence-corrected chi connectivity index (χ0v) is 22.0. The Kier molecular flexibility index (Phi) is 8.73. The summed E-state index contributed by atoms with van der Waals surface area (Å²) in [6.45, 7) is 3.74. The molecule has 0 aliphatic carbocycles. The second-order valence-electron chi connectivity index (χ2n) is 8.01. The number of hydrogen-bond donors (Lipinski definition) is 2. The standard InChI is InChI=1S/C26H27FN6O4S/c1-4-37-21-13-22(38-25(21)26(34)30-8-10-35-2)19-12-23(32-15-31-19)29-7-9-33-16(14-28)11-17-20(36-3)6-5-18(27)24(17)33/h5-6,11-13,15H,4,7-10H2,1-3H3,(H,30,34)(H,29,31,32). The van der Waals surface area contributed by atoms with Crippen LogP contribution >= 0.6 is 11.3 Å². The summed E-state index contributed by atoms with van der Waals surface area (Å²) in [6, 6.07) is 10.2. The lowest BCUT2D eigenvalue weighted by molar-refractivity contribution is 0.0938. The van der Waals surface area contributed by atoms with Gasteiger partial charge in [0.05, 0.1) is 36.4 Å². The lowest BCUT2D eigenvalue weighted by Crippen LogP contribution is -2.26. The molecule has 0 unspecified atom stereocenters. The highest BCUT2D eigenvalue weighted by Gasteiger charge is 2.20. The molecule has 1 aromatic carbocycles. The Morgan fingerprint density at radius 3 is 2.76 bits per heavy atom. The molecule has 0 aliphatic heterocycles. The number of fused-ring (bicyclic) bond motifs is 1. The van der Waals surface area contributed by atoms with Crippen LogP contribution in [0.3, 0.4) is 0 Å². The van der Waals surface area contributed by atoms with Gasteiger partial charge >= 0.3 is 0 Å². The number of hydrogen-bond acceptors (Lipinski definition) is 9. The van der Waals surface area contributed by atoms with Crippen LogP contribution < -0.4 is 20.1 Å². The van der Waals surface area contributed by atoms with Crippen LogP contribution in [0.4, 0.5) is 10.2 Å². The molecule has 4 rings (SSSR count). The van der Waals surface area contributed by atoms with Gasteiger partial charge in [-0.3, -0.25) is 4.79 Å². The van der Waals surface area contributed by atoms with Gasteiger partial charge in [0, 0.05) is 44.3 Å². The van der Waals surface area contributed by atoms with E-state index in [1.165, 1.54) is 30.8 Å². The predicted octanol–water partition coefficient (Wildman–Crippen LogP) is 4.07. The van der Waals surface area contributed by atoms with Crippen LogP contribution in [0.5, 0.6) is 11.5 Å². The van der Waals surface area contributed by atoms with Gasteiger partial charge in [-0.05, 0) is 25.1 Å². The van der Waals surface area contributed by atoms with Crippen LogP contribution in [0.2, 0.25) is 0 Å². The molecule has 0 saturated carbocycles. The number of rotatable bonds is 12. The number of aromatic nitrogens is 3. The summed E-state index contributed by atoms with van der Waals surface area (Å²) in [5.74, 6) is 0.845.